The molecule has 0 amide bonds. The Morgan fingerprint density at radius 2 is 1.53 bits per heavy atom. The maximum Gasteiger partial charge on any atom is 0.0850 e. The predicted octanol–water partition coefficient (Wildman–Crippen LogP) is 2.61. The zero-order chi connectivity index (χ0) is 13.2. The molecule has 0 bridgehead atoms. The standard InChI is InChI=1S/C15H24O2/c1-10-7-6-8-11(2)12(10)9-13(16)14(17)15(3,4)5/h6-8,13-14,16-17H,9H2,1-5H3. The van der Waals surface area contributed by atoms with E-state index in [1.165, 1.54) is 11.1 Å². The third-order valence-electron chi connectivity index (χ3n) is 3.31. The molecule has 96 valence electrons. The van der Waals surface area contributed by atoms with Gasteiger partial charge in [0.2, 0.25) is 0 Å². The molecule has 0 aliphatic heterocycles. The van der Waals surface area contributed by atoms with E-state index in [4.69, 9.17) is 0 Å². The third-order valence-corrected chi connectivity index (χ3v) is 3.31. The summed E-state index contributed by atoms with van der Waals surface area (Å²) in [6.07, 6.45) is -0.909. The van der Waals surface area contributed by atoms with Gasteiger partial charge < -0.3 is 10.2 Å². The Hall–Kier alpha value is -0.860. The quantitative estimate of drug-likeness (QED) is 0.847. The van der Waals surface area contributed by atoms with Crippen LogP contribution in [0.4, 0.5) is 0 Å². The van der Waals surface area contributed by atoms with Gasteiger partial charge in [0.15, 0.2) is 0 Å². The van der Waals surface area contributed by atoms with Gasteiger partial charge in [-0.25, -0.2) is 0 Å². The van der Waals surface area contributed by atoms with E-state index in [9.17, 15) is 10.2 Å². The van der Waals surface area contributed by atoms with Crippen LogP contribution in [0.2, 0.25) is 0 Å². The molecule has 1 aromatic rings. The zero-order valence-corrected chi connectivity index (χ0v) is 11.5. The van der Waals surface area contributed by atoms with Crippen LogP contribution in [-0.2, 0) is 6.42 Å². The number of hydrogen-bond donors (Lipinski definition) is 2. The first-order valence-corrected chi connectivity index (χ1v) is 6.14. The molecule has 1 rings (SSSR count). The Bertz CT molecular complexity index is 357. The summed E-state index contributed by atoms with van der Waals surface area (Å²) in [6.45, 7) is 9.89. The number of rotatable bonds is 3. The molecule has 2 heteroatoms. The van der Waals surface area contributed by atoms with Crippen molar-refractivity contribution < 1.29 is 10.2 Å². The molecule has 0 aliphatic rings. The number of aliphatic hydroxyl groups excluding tert-OH is 2. The summed E-state index contributed by atoms with van der Waals surface area (Å²) in [7, 11) is 0. The highest BCUT2D eigenvalue weighted by Crippen LogP contribution is 2.25. The molecule has 0 radical (unpaired) electrons. The normalized spacial score (nSPS) is 15.7. The number of aryl methyl sites for hydroxylation is 2. The Morgan fingerprint density at radius 1 is 1.06 bits per heavy atom. The molecular weight excluding hydrogens is 212 g/mol. The van der Waals surface area contributed by atoms with E-state index in [1.807, 2.05) is 52.8 Å². The molecule has 0 saturated heterocycles. The van der Waals surface area contributed by atoms with Gasteiger partial charge in [-0.05, 0) is 36.0 Å². The summed E-state index contributed by atoms with van der Waals surface area (Å²) in [5, 5.41) is 20.2. The van der Waals surface area contributed by atoms with Crippen LogP contribution < -0.4 is 0 Å². The highest BCUT2D eigenvalue weighted by molar-refractivity contribution is 5.34. The monoisotopic (exact) mass is 236 g/mol. The fourth-order valence-electron chi connectivity index (χ4n) is 2.07. The Balaban J connectivity index is 2.85. The summed E-state index contributed by atoms with van der Waals surface area (Å²) < 4.78 is 0. The van der Waals surface area contributed by atoms with Crippen molar-refractivity contribution in [3.05, 3.63) is 34.9 Å². The Labute approximate surface area is 104 Å². The average molecular weight is 236 g/mol. The highest BCUT2D eigenvalue weighted by atomic mass is 16.3. The lowest BCUT2D eigenvalue weighted by atomic mass is 9.83. The summed E-state index contributed by atoms with van der Waals surface area (Å²) in [5.41, 5.74) is 3.19. The number of hydrogen-bond acceptors (Lipinski definition) is 2. The topological polar surface area (TPSA) is 40.5 Å². The van der Waals surface area contributed by atoms with Gasteiger partial charge in [-0.15, -0.1) is 0 Å². The van der Waals surface area contributed by atoms with Crippen molar-refractivity contribution in [3.63, 3.8) is 0 Å². The van der Waals surface area contributed by atoms with E-state index in [2.05, 4.69) is 0 Å². The minimum Gasteiger partial charge on any atom is -0.390 e. The van der Waals surface area contributed by atoms with Crippen molar-refractivity contribution in [1.82, 2.24) is 0 Å². The first kappa shape index (κ1) is 14.2. The summed E-state index contributed by atoms with van der Waals surface area (Å²) in [6, 6.07) is 6.10. The van der Waals surface area contributed by atoms with E-state index in [1.54, 1.807) is 0 Å². The van der Waals surface area contributed by atoms with Crippen LogP contribution in [0.25, 0.3) is 0 Å². The smallest absolute Gasteiger partial charge is 0.0850 e. The summed E-state index contributed by atoms with van der Waals surface area (Å²) in [5.74, 6) is 0. The zero-order valence-electron chi connectivity index (χ0n) is 11.5. The van der Waals surface area contributed by atoms with Crippen LogP contribution in [0.1, 0.15) is 37.5 Å². The fraction of sp³-hybridized carbons (Fsp3) is 0.600. The van der Waals surface area contributed by atoms with Crippen molar-refractivity contribution >= 4 is 0 Å². The largest absolute Gasteiger partial charge is 0.390 e. The van der Waals surface area contributed by atoms with Crippen LogP contribution in [0.5, 0.6) is 0 Å². The maximum absolute atomic E-state index is 10.1. The van der Waals surface area contributed by atoms with Crippen molar-refractivity contribution in [2.24, 2.45) is 5.41 Å². The van der Waals surface area contributed by atoms with Crippen LogP contribution in [0.3, 0.4) is 0 Å². The number of benzene rings is 1. The molecule has 0 saturated carbocycles. The van der Waals surface area contributed by atoms with Crippen LogP contribution >= 0.6 is 0 Å². The molecule has 0 fully saturated rings. The van der Waals surface area contributed by atoms with E-state index in [0.29, 0.717) is 6.42 Å². The van der Waals surface area contributed by atoms with Gasteiger partial charge in [0, 0.05) is 6.42 Å². The third kappa shape index (κ3) is 3.55. The molecule has 0 aromatic heterocycles. The molecule has 1 aromatic carbocycles. The molecule has 2 N–H and O–H groups in total. The van der Waals surface area contributed by atoms with Gasteiger partial charge in [0.1, 0.15) is 0 Å². The average Bonchev–Trinajstić information content (AvgIpc) is 2.21. The van der Waals surface area contributed by atoms with Gasteiger partial charge in [0.05, 0.1) is 12.2 Å². The molecule has 0 aliphatic carbocycles. The fourth-order valence-corrected chi connectivity index (χ4v) is 2.07. The van der Waals surface area contributed by atoms with Crippen molar-refractivity contribution in [2.45, 2.75) is 53.2 Å². The van der Waals surface area contributed by atoms with E-state index in [0.717, 1.165) is 5.56 Å². The van der Waals surface area contributed by atoms with Gasteiger partial charge in [-0.2, -0.15) is 0 Å². The first-order chi connectivity index (χ1) is 7.73. The maximum atomic E-state index is 10.1. The second-order valence-corrected chi connectivity index (χ2v) is 5.95. The lowest BCUT2D eigenvalue weighted by Gasteiger charge is -2.30. The van der Waals surface area contributed by atoms with Crippen molar-refractivity contribution in [1.29, 1.82) is 0 Å². The van der Waals surface area contributed by atoms with Gasteiger partial charge in [0.25, 0.3) is 0 Å². The minimum atomic E-state index is -0.713. The second kappa shape index (κ2) is 5.19. The molecular formula is C15H24O2. The van der Waals surface area contributed by atoms with Gasteiger partial charge >= 0.3 is 0 Å². The molecule has 17 heavy (non-hydrogen) atoms. The second-order valence-electron chi connectivity index (χ2n) is 5.95. The predicted molar refractivity (Wildman–Crippen MR) is 71.1 cm³/mol. The molecule has 0 spiro atoms. The minimum absolute atomic E-state index is 0.296. The summed E-state index contributed by atoms with van der Waals surface area (Å²) >= 11 is 0. The SMILES string of the molecule is Cc1cccc(C)c1CC(O)C(O)C(C)(C)C. The lowest BCUT2D eigenvalue weighted by molar-refractivity contribution is -0.0435. The van der Waals surface area contributed by atoms with Crippen LogP contribution in [0, 0.1) is 19.3 Å². The van der Waals surface area contributed by atoms with Crippen LogP contribution in [0.15, 0.2) is 18.2 Å². The van der Waals surface area contributed by atoms with Gasteiger partial charge in [-0.3, -0.25) is 0 Å². The van der Waals surface area contributed by atoms with Crippen LogP contribution in [-0.4, -0.2) is 22.4 Å². The van der Waals surface area contributed by atoms with Crippen molar-refractivity contribution in [2.75, 3.05) is 0 Å². The first-order valence-electron chi connectivity index (χ1n) is 6.14. The lowest BCUT2D eigenvalue weighted by Crippen LogP contribution is -2.39. The number of aliphatic hydroxyl groups is 2. The van der Waals surface area contributed by atoms with E-state index >= 15 is 0 Å². The van der Waals surface area contributed by atoms with E-state index in [-0.39, 0.29) is 5.41 Å². The Kier molecular flexibility index (Phi) is 4.34. The highest BCUT2D eigenvalue weighted by Gasteiger charge is 2.29. The summed E-state index contributed by atoms with van der Waals surface area (Å²) in [4.78, 5) is 0. The Morgan fingerprint density at radius 3 is 1.94 bits per heavy atom. The van der Waals surface area contributed by atoms with E-state index < -0.39 is 12.2 Å². The van der Waals surface area contributed by atoms with Crippen molar-refractivity contribution in [3.8, 4) is 0 Å². The molecule has 2 nitrogen and oxygen atoms in total. The molecule has 2 unspecified atom stereocenters. The van der Waals surface area contributed by atoms with Gasteiger partial charge in [-0.1, -0.05) is 39.0 Å². The molecule has 0 heterocycles. The molecule has 2 atom stereocenters.